The van der Waals surface area contributed by atoms with Crippen LogP contribution in [0.25, 0.3) is 0 Å². The van der Waals surface area contributed by atoms with Crippen LogP contribution in [0.15, 0.2) is 12.4 Å². The smallest absolute Gasteiger partial charge is 0.241 e. The highest BCUT2D eigenvalue weighted by atomic mass is 16.2. The average Bonchev–Trinajstić information content (AvgIpc) is 2.38. The van der Waals surface area contributed by atoms with E-state index in [0.717, 1.165) is 18.8 Å². The second-order valence-corrected chi connectivity index (χ2v) is 4.40. The number of anilines is 1. The van der Waals surface area contributed by atoms with Crippen molar-refractivity contribution >= 4 is 11.7 Å². The number of amides is 1. The lowest BCUT2D eigenvalue weighted by molar-refractivity contribution is -0.128. The third-order valence-corrected chi connectivity index (χ3v) is 2.82. The van der Waals surface area contributed by atoms with Gasteiger partial charge in [-0.05, 0) is 19.8 Å². The Labute approximate surface area is 109 Å². The Balaban J connectivity index is 2.58. The minimum Gasteiger partial charge on any atom is -0.361 e. The maximum absolute atomic E-state index is 11.8. The van der Waals surface area contributed by atoms with Gasteiger partial charge in [-0.15, -0.1) is 0 Å². The van der Waals surface area contributed by atoms with Crippen LogP contribution in [0.2, 0.25) is 0 Å². The monoisotopic (exact) mass is 250 g/mol. The van der Waals surface area contributed by atoms with Crippen LogP contribution in [0.1, 0.15) is 39.3 Å². The van der Waals surface area contributed by atoms with Gasteiger partial charge in [0.25, 0.3) is 0 Å². The van der Waals surface area contributed by atoms with E-state index in [1.807, 2.05) is 19.9 Å². The van der Waals surface area contributed by atoms with Crippen molar-refractivity contribution in [1.29, 1.82) is 0 Å². The van der Waals surface area contributed by atoms with Gasteiger partial charge < -0.3 is 10.2 Å². The van der Waals surface area contributed by atoms with Crippen LogP contribution in [0, 0.1) is 0 Å². The number of hydrogen-bond acceptors (Lipinski definition) is 4. The van der Waals surface area contributed by atoms with E-state index in [1.54, 1.807) is 4.90 Å². The number of nitrogens with one attached hydrogen (secondary N) is 1. The van der Waals surface area contributed by atoms with Crippen LogP contribution < -0.4 is 5.32 Å². The molecule has 5 nitrogen and oxygen atoms in total. The highest BCUT2D eigenvalue weighted by Crippen LogP contribution is 2.13. The third-order valence-electron chi connectivity index (χ3n) is 2.82. The second kappa shape index (κ2) is 6.93. The maximum Gasteiger partial charge on any atom is 0.241 e. The summed E-state index contributed by atoms with van der Waals surface area (Å²) < 4.78 is 0. The van der Waals surface area contributed by atoms with Gasteiger partial charge in [0.05, 0.1) is 6.54 Å². The van der Waals surface area contributed by atoms with Gasteiger partial charge in [0.2, 0.25) is 5.91 Å². The molecule has 0 fully saturated rings. The van der Waals surface area contributed by atoms with Crippen molar-refractivity contribution in [3.63, 3.8) is 0 Å². The number of likely N-dealkylation sites (N-methyl/N-ethyl adjacent to an activating group) is 1. The van der Waals surface area contributed by atoms with Crippen LogP contribution in [0.5, 0.6) is 0 Å². The Hall–Kier alpha value is -1.65. The molecule has 0 atom stereocenters. The largest absolute Gasteiger partial charge is 0.361 e. The van der Waals surface area contributed by atoms with E-state index in [0.29, 0.717) is 11.7 Å². The highest BCUT2D eigenvalue weighted by molar-refractivity contribution is 5.80. The molecule has 1 N–H and O–H groups in total. The zero-order valence-corrected chi connectivity index (χ0v) is 11.6. The molecule has 1 aromatic rings. The molecule has 0 aliphatic heterocycles. The zero-order valence-electron chi connectivity index (χ0n) is 11.6. The van der Waals surface area contributed by atoms with Crippen molar-refractivity contribution in [1.82, 2.24) is 14.9 Å². The van der Waals surface area contributed by atoms with Crippen LogP contribution in [0.3, 0.4) is 0 Å². The van der Waals surface area contributed by atoms with Crippen molar-refractivity contribution in [2.75, 3.05) is 25.0 Å². The van der Waals surface area contributed by atoms with E-state index in [9.17, 15) is 4.79 Å². The van der Waals surface area contributed by atoms with E-state index in [1.165, 1.54) is 6.33 Å². The summed E-state index contributed by atoms with van der Waals surface area (Å²) in [6, 6.07) is 1.89. The predicted molar refractivity (Wildman–Crippen MR) is 72.5 cm³/mol. The van der Waals surface area contributed by atoms with Gasteiger partial charge in [0, 0.05) is 24.8 Å². The number of aromatic nitrogens is 2. The summed E-state index contributed by atoms with van der Waals surface area (Å²) in [6.07, 6.45) is 1.53. The summed E-state index contributed by atoms with van der Waals surface area (Å²) in [5.41, 5.74) is 0.975. The number of carbonyl (C=O) groups excluding carboxylic acids is 1. The molecule has 0 aromatic carbocycles. The molecular formula is C13H22N4O. The van der Waals surface area contributed by atoms with Gasteiger partial charge in [0.15, 0.2) is 0 Å². The molecule has 0 aliphatic carbocycles. The summed E-state index contributed by atoms with van der Waals surface area (Å²) in [5, 5.41) is 3.05. The lowest BCUT2D eigenvalue weighted by atomic mass is 10.1. The van der Waals surface area contributed by atoms with E-state index >= 15 is 0 Å². The Kier molecular flexibility index (Phi) is 5.55. The molecule has 100 valence electrons. The quantitative estimate of drug-likeness (QED) is 0.837. The Morgan fingerprint density at radius 3 is 2.56 bits per heavy atom. The molecule has 1 amide bonds. The Bertz CT molecular complexity index is 388. The molecule has 1 aromatic heterocycles. The molecule has 18 heavy (non-hydrogen) atoms. The molecule has 0 aliphatic rings. The number of rotatable bonds is 6. The first-order chi connectivity index (χ1) is 8.58. The summed E-state index contributed by atoms with van der Waals surface area (Å²) in [4.78, 5) is 21.9. The molecule has 0 saturated carbocycles. The summed E-state index contributed by atoms with van der Waals surface area (Å²) in [5.74, 6) is 1.14. The van der Waals surface area contributed by atoms with Crippen LogP contribution in [-0.2, 0) is 4.79 Å². The molecule has 1 rings (SSSR count). The normalized spacial score (nSPS) is 10.5. The number of nitrogens with zero attached hydrogens (tertiary/aromatic N) is 3. The molecule has 0 radical (unpaired) electrons. The van der Waals surface area contributed by atoms with E-state index in [4.69, 9.17) is 0 Å². The topological polar surface area (TPSA) is 58.1 Å². The molecule has 0 saturated heterocycles. The predicted octanol–water partition coefficient (Wildman–Crippen LogP) is 1.88. The van der Waals surface area contributed by atoms with Crippen molar-refractivity contribution in [3.8, 4) is 0 Å². The first-order valence-corrected chi connectivity index (χ1v) is 6.42. The van der Waals surface area contributed by atoms with Crippen LogP contribution >= 0.6 is 0 Å². The summed E-state index contributed by atoms with van der Waals surface area (Å²) >= 11 is 0. The van der Waals surface area contributed by atoms with Crippen LogP contribution in [0.4, 0.5) is 5.82 Å². The first-order valence-electron chi connectivity index (χ1n) is 6.42. The third kappa shape index (κ3) is 3.98. The van der Waals surface area contributed by atoms with E-state index < -0.39 is 0 Å². The maximum atomic E-state index is 11.8. The minimum atomic E-state index is 0.0877. The lowest BCUT2D eigenvalue weighted by Crippen LogP contribution is -2.35. The van der Waals surface area contributed by atoms with Gasteiger partial charge in [0.1, 0.15) is 12.1 Å². The Morgan fingerprint density at radius 1 is 1.33 bits per heavy atom. The van der Waals surface area contributed by atoms with Crippen molar-refractivity contribution in [2.45, 2.75) is 33.6 Å². The van der Waals surface area contributed by atoms with Gasteiger partial charge in [-0.25, -0.2) is 9.97 Å². The van der Waals surface area contributed by atoms with Crippen molar-refractivity contribution in [3.05, 3.63) is 18.1 Å². The van der Waals surface area contributed by atoms with Gasteiger partial charge >= 0.3 is 0 Å². The number of hydrogen-bond donors (Lipinski definition) is 1. The molecule has 0 unspecified atom stereocenters. The molecule has 0 spiro atoms. The number of carbonyl (C=O) groups is 1. The fraction of sp³-hybridized carbons (Fsp3) is 0.615. The fourth-order valence-electron chi connectivity index (χ4n) is 1.64. The molecule has 0 bridgehead atoms. The summed E-state index contributed by atoms with van der Waals surface area (Å²) in [7, 11) is 0. The van der Waals surface area contributed by atoms with E-state index in [2.05, 4.69) is 29.1 Å². The van der Waals surface area contributed by atoms with E-state index in [-0.39, 0.29) is 12.5 Å². The molecule has 1 heterocycles. The van der Waals surface area contributed by atoms with Crippen molar-refractivity contribution < 1.29 is 4.79 Å². The Morgan fingerprint density at radius 2 is 2.00 bits per heavy atom. The van der Waals surface area contributed by atoms with Gasteiger partial charge in [-0.1, -0.05) is 13.8 Å². The first kappa shape index (κ1) is 14.4. The lowest BCUT2D eigenvalue weighted by Gasteiger charge is -2.19. The van der Waals surface area contributed by atoms with Crippen LogP contribution in [-0.4, -0.2) is 40.4 Å². The molecule has 5 heteroatoms. The van der Waals surface area contributed by atoms with Gasteiger partial charge in [-0.2, -0.15) is 0 Å². The van der Waals surface area contributed by atoms with Gasteiger partial charge in [-0.3, -0.25) is 4.79 Å². The summed E-state index contributed by atoms with van der Waals surface area (Å²) in [6.45, 7) is 9.85. The zero-order chi connectivity index (χ0) is 13.5. The average molecular weight is 250 g/mol. The highest BCUT2D eigenvalue weighted by Gasteiger charge is 2.09. The fourth-order valence-corrected chi connectivity index (χ4v) is 1.64. The standard InChI is InChI=1S/C13H22N4O/c1-5-17(6-2)13(18)8-14-12-7-11(10(3)4)15-9-16-12/h7,9-10H,5-6,8H2,1-4H3,(H,14,15,16). The molecular weight excluding hydrogens is 228 g/mol. The second-order valence-electron chi connectivity index (χ2n) is 4.40. The van der Waals surface area contributed by atoms with Crippen molar-refractivity contribution in [2.24, 2.45) is 0 Å². The SMILES string of the molecule is CCN(CC)C(=O)CNc1cc(C(C)C)ncn1. The minimum absolute atomic E-state index is 0.0877.